The van der Waals surface area contributed by atoms with Gasteiger partial charge in [-0.15, -0.1) is 0 Å². The average Bonchev–Trinajstić information content (AvgIpc) is 2.61. The molecule has 1 fully saturated rings. The van der Waals surface area contributed by atoms with Crippen LogP contribution in [0.1, 0.15) is 36.0 Å². The monoisotopic (exact) mass is 348 g/mol. The third-order valence-corrected chi connectivity index (χ3v) is 4.88. The minimum absolute atomic E-state index is 0.0563. The van der Waals surface area contributed by atoms with E-state index in [4.69, 9.17) is 5.73 Å². The molecule has 0 amide bonds. The van der Waals surface area contributed by atoms with Crippen molar-refractivity contribution in [2.45, 2.75) is 37.9 Å². The smallest absolute Gasteiger partial charge is 0.369 e. The van der Waals surface area contributed by atoms with Crippen molar-refractivity contribution in [1.82, 2.24) is 0 Å². The van der Waals surface area contributed by atoms with Crippen molar-refractivity contribution in [3.63, 3.8) is 0 Å². The summed E-state index contributed by atoms with van der Waals surface area (Å²) in [6.45, 7) is 3.37. The first-order chi connectivity index (χ1) is 11.9. The van der Waals surface area contributed by atoms with Crippen LogP contribution in [0.4, 0.5) is 18.9 Å². The van der Waals surface area contributed by atoms with Crippen LogP contribution < -0.4 is 10.6 Å². The number of anilines is 1. The number of halogens is 3. The van der Waals surface area contributed by atoms with Gasteiger partial charge < -0.3 is 10.6 Å². The topological polar surface area (TPSA) is 29.3 Å². The minimum Gasteiger partial charge on any atom is -0.369 e. The Morgan fingerprint density at radius 2 is 1.80 bits per heavy atom. The van der Waals surface area contributed by atoms with Crippen LogP contribution in [0, 0.1) is 0 Å². The van der Waals surface area contributed by atoms with Gasteiger partial charge in [-0.05, 0) is 42.2 Å². The fourth-order valence-corrected chi connectivity index (χ4v) is 3.49. The third kappa shape index (κ3) is 4.15. The molecule has 2 N–H and O–H groups in total. The lowest BCUT2D eigenvalue weighted by Gasteiger charge is -2.38. The van der Waals surface area contributed by atoms with Gasteiger partial charge in [0.1, 0.15) is 0 Å². The number of benzene rings is 2. The summed E-state index contributed by atoms with van der Waals surface area (Å²) in [6, 6.07) is 13.9. The van der Waals surface area contributed by atoms with Crippen molar-refractivity contribution in [1.29, 1.82) is 0 Å². The maximum atomic E-state index is 13.0. The summed E-state index contributed by atoms with van der Waals surface area (Å²) < 4.78 is 38.9. The summed E-state index contributed by atoms with van der Waals surface area (Å²) in [5.74, 6) is 0.226. The number of hydrogen-bond acceptors (Lipinski definition) is 2. The van der Waals surface area contributed by atoms with Gasteiger partial charge in [-0.3, -0.25) is 0 Å². The van der Waals surface area contributed by atoms with Crippen LogP contribution in [-0.2, 0) is 12.6 Å². The average molecular weight is 348 g/mol. The van der Waals surface area contributed by atoms with E-state index in [0.717, 1.165) is 18.9 Å². The Labute approximate surface area is 146 Å². The first-order valence-corrected chi connectivity index (χ1v) is 8.63. The molecule has 1 aliphatic rings. The third-order valence-electron chi connectivity index (χ3n) is 4.88. The van der Waals surface area contributed by atoms with Gasteiger partial charge in [-0.2, -0.15) is 13.2 Å². The molecular formula is C20H23F3N2. The van der Waals surface area contributed by atoms with E-state index in [1.807, 2.05) is 4.90 Å². The largest absolute Gasteiger partial charge is 0.416 e. The number of piperidine rings is 1. The van der Waals surface area contributed by atoms with Crippen molar-refractivity contribution >= 4 is 5.69 Å². The van der Waals surface area contributed by atoms with Crippen molar-refractivity contribution in [2.24, 2.45) is 5.73 Å². The lowest BCUT2D eigenvalue weighted by atomic mass is 9.87. The van der Waals surface area contributed by atoms with Crippen LogP contribution in [0.2, 0.25) is 0 Å². The Morgan fingerprint density at radius 1 is 1.08 bits per heavy atom. The van der Waals surface area contributed by atoms with Gasteiger partial charge in [0.15, 0.2) is 0 Å². The Bertz CT molecular complexity index is 710. The van der Waals surface area contributed by atoms with E-state index in [0.29, 0.717) is 18.8 Å². The molecule has 2 aromatic rings. The predicted molar refractivity (Wildman–Crippen MR) is 94.8 cm³/mol. The molecule has 1 saturated heterocycles. The van der Waals surface area contributed by atoms with Gasteiger partial charge in [-0.25, -0.2) is 0 Å². The van der Waals surface area contributed by atoms with E-state index < -0.39 is 11.7 Å². The summed E-state index contributed by atoms with van der Waals surface area (Å²) in [5.41, 5.74) is 8.65. The van der Waals surface area contributed by atoms with Gasteiger partial charge in [0.05, 0.1) is 5.56 Å². The summed E-state index contributed by atoms with van der Waals surface area (Å²) in [7, 11) is 0. The molecule has 0 radical (unpaired) electrons. The zero-order valence-electron chi connectivity index (χ0n) is 14.3. The molecule has 0 bridgehead atoms. The van der Waals surface area contributed by atoms with Crippen molar-refractivity contribution < 1.29 is 13.2 Å². The molecule has 0 spiro atoms. The van der Waals surface area contributed by atoms with E-state index in [-0.39, 0.29) is 12.0 Å². The van der Waals surface area contributed by atoms with Gasteiger partial charge in [0, 0.05) is 30.7 Å². The van der Waals surface area contributed by atoms with Gasteiger partial charge in [0.25, 0.3) is 0 Å². The second-order valence-corrected chi connectivity index (χ2v) is 6.74. The number of nitrogens with zero attached hydrogens (tertiary/aromatic N) is 1. The molecule has 3 rings (SSSR count). The maximum Gasteiger partial charge on any atom is 0.416 e. The zero-order valence-corrected chi connectivity index (χ0v) is 14.3. The second kappa shape index (κ2) is 7.08. The molecule has 2 unspecified atom stereocenters. The van der Waals surface area contributed by atoms with Crippen molar-refractivity contribution in [2.75, 3.05) is 18.0 Å². The highest BCUT2D eigenvalue weighted by molar-refractivity contribution is 5.50. The summed E-state index contributed by atoms with van der Waals surface area (Å²) in [4.78, 5) is 1.97. The van der Waals surface area contributed by atoms with Gasteiger partial charge in [0.2, 0.25) is 0 Å². The van der Waals surface area contributed by atoms with E-state index in [2.05, 4.69) is 31.2 Å². The van der Waals surface area contributed by atoms with Gasteiger partial charge in [-0.1, -0.05) is 37.3 Å². The molecule has 134 valence electrons. The zero-order chi connectivity index (χ0) is 18.0. The molecule has 2 nitrogen and oxygen atoms in total. The van der Waals surface area contributed by atoms with Crippen LogP contribution in [-0.4, -0.2) is 19.1 Å². The minimum atomic E-state index is -4.33. The lowest BCUT2D eigenvalue weighted by molar-refractivity contribution is -0.137. The molecule has 2 aromatic carbocycles. The second-order valence-electron chi connectivity index (χ2n) is 6.74. The number of alkyl halides is 3. The number of rotatable bonds is 3. The SMILES string of the molecule is CCc1ccc(C2CC(N)CN(c3cccc(C(F)(F)F)c3)C2)cc1. The highest BCUT2D eigenvalue weighted by atomic mass is 19.4. The summed E-state index contributed by atoms with van der Waals surface area (Å²) >= 11 is 0. The van der Waals surface area contributed by atoms with E-state index in [1.54, 1.807) is 6.07 Å². The Hall–Kier alpha value is -2.01. The summed E-state index contributed by atoms with van der Waals surface area (Å²) in [6.07, 6.45) is -2.49. The van der Waals surface area contributed by atoms with Crippen molar-refractivity contribution in [3.05, 3.63) is 65.2 Å². The molecule has 1 heterocycles. The van der Waals surface area contributed by atoms with Crippen LogP contribution in [0.5, 0.6) is 0 Å². The molecule has 25 heavy (non-hydrogen) atoms. The van der Waals surface area contributed by atoms with Gasteiger partial charge >= 0.3 is 6.18 Å². The van der Waals surface area contributed by atoms with E-state index in [9.17, 15) is 13.2 Å². The Balaban J connectivity index is 1.83. The Morgan fingerprint density at radius 3 is 2.44 bits per heavy atom. The normalized spacial score (nSPS) is 21.4. The number of nitrogens with two attached hydrogens (primary N) is 1. The predicted octanol–water partition coefficient (Wildman–Crippen LogP) is 4.59. The van der Waals surface area contributed by atoms with Crippen molar-refractivity contribution in [3.8, 4) is 0 Å². The lowest BCUT2D eigenvalue weighted by Crippen LogP contribution is -2.46. The Kier molecular flexibility index (Phi) is 5.04. The van der Waals surface area contributed by atoms with Crippen LogP contribution in [0.15, 0.2) is 48.5 Å². The van der Waals surface area contributed by atoms with Crippen LogP contribution in [0.25, 0.3) is 0 Å². The molecule has 5 heteroatoms. The van der Waals surface area contributed by atoms with Crippen LogP contribution in [0.3, 0.4) is 0 Å². The number of hydrogen-bond donors (Lipinski definition) is 1. The summed E-state index contributed by atoms with van der Waals surface area (Å²) in [5, 5.41) is 0. The molecule has 0 aromatic heterocycles. The number of aryl methyl sites for hydroxylation is 1. The van der Waals surface area contributed by atoms with E-state index >= 15 is 0 Å². The quantitative estimate of drug-likeness (QED) is 0.879. The molecule has 2 atom stereocenters. The molecule has 1 aliphatic heterocycles. The first kappa shape index (κ1) is 17.8. The van der Waals surface area contributed by atoms with Crippen LogP contribution >= 0.6 is 0 Å². The maximum absolute atomic E-state index is 13.0. The van der Waals surface area contributed by atoms with E-state index in [1.165, 1.54) is 23.3 Å². The first-order valence-electron chi connectivity index (χ1n) is 8.63. The molecule has 0 saturated carbocycles. The molecule has 0 aliphatic carbocycles. The fraction of sp³-hybridized carbons (Fsp3) is 0.400. The fourth-order valence-electron chi connectivity index (χ4n) is 3.49. The standard InChI is InChI=1S/C20H23F3N2/c1-2-14-6-8-15(9-7-14)16-10-18(24)13-25(12-16)19-5-3-4-17(11-19)20(21,22)23/h3-9,11,16,18H,2,10,12-13,24H2,1H3. The highest BCUT2D eigenvalue weighted by Crippen LogP contribution is 2.34. The highest BCUT2D eigenvalue weighted by Gasteiger charge is 2.32. The molecular weight excluding hydrogens is 325 g/mol.